The summed E-state index contributed by atoms with van der Waals surface area (Å²) in [5.41, 5.74) is 1.67. The van der Waals surface area contributed by atoms with Crippen molar-refractivity contribution in [3.05, 3.63) is 59.7 Å². The molecule has 2 rings (SSSR count). The van der Waals surface area contributed by atoms with E-state index >= 15 is 0 Å². The van der Waals surface area contributed by atoms with Crippen molar-refractivity contribution < 1.29 is 23.1 Å². The monoisotopic (exact) mass is 390 g/mol. The first-order chi connectivity index (χ1) is 12.8. The highest BCUT2D eigenvalue weighted by Gasteiger charge is 2.16. The van der Waals surface area contributed by atoms with Crippen LogP contribution in [0.4, 0.5) is 5.69 Å². The molecule has 7 nitrogen and oxygen atoms in total. The molecule has 0 radical (unpaired) electrons. The number of hydrogen-bond acceptors (Lipinski definition) is 4. The predicted octanol–water partition coefficient (Wildman–Crippen LogP) is 2.78. The van der Waals surface area contributed by atoms with Crippen molar-refractivity contribution in [1.29, 1.82) is 0 Å². The molecule has 0 saturated carbocycles. The average Bonchev–Trinajstić information content (AvgIpc) is 2.63. The van der Waals surface area contributed by atoms with Gasteiger partial charge in [-0.25, -0.2) is 8.42 Å². The van der Waals surface area contributed by atoms with Crippen molar-refractivity contribution in [3.8, 4) is 0 Å². The standard InChI is InChI=1S/C19H22N2O5S/c1-14-8-10-16(11-9-14)21-27(25,26)17-6-4-5-15(13-17)19(24)20-12-3-2-7-18(22)23/h4-6,8-11,13,21H,2-3,7,12H2,1H3,(H,20,24)(H,22,23). The Hall–Kier alpha value is -2.87. The molecule has 0 aliphatic carbocycles. The van der Waals surface area contributed by atoms with Gasteiger partial charge in [0, 0.05) is 24.2 Å². The van der Waals surface area contributed by atoms with Crippen LogP contribution in [0.1, 0.15) is 35.2 Å². The molecule has 2 aromatic rings. The summed E-state index contributed by atoms with van der Waals surface area (Å²) in [7, 11) is -3.82. The van der Waals surface area contributed by atoms with Gasteiger partial charge in [-0.15, -0.1) is 0 Å². The molecule has 0 aliphatic rings. The van der Waals surface area contributed by atoms with Crippen LogP contribution < -0.4 is 10.0 Å². The third-order valence-corrected chi connectivity index (χ3v) is 5.19. The minimum Gasteiger partial charge on any atom is -0.481 e. The highest BCUT2D eigenvalue weighted by atomic mass is 32.2. The van der Waals surface area contributed by atoms with Crippen molar-refractivity contribution in [1.82, 2.24) is 5.32 Å². The molecular weight excluding hydrogens is 368 g/mol. The van der Waals surface area contributed by atoms with Gasteiger partial charge >= 0.3 is 5.97 Å². The summed E-state index contributed by atoms with van der Waals surface area (Å²) >= 11 is 0. The third-order valence-electron chi connectivity index (χ3n) is 3.81. The maximum absolute atomic E-state index is 12.5. The molecule has 0 spiro atoms. The van der Waals surface area contributed by atoms with Crippen LogP contribution in [-0.4, -0.2) is 31.9 Å². The Morgan fingerprint density at radius 2 is 1.74 bits per heavy atom. The maximum Gasteiger partial charge on any atom is 0.303 e. The number of carboxylic acids is 1. The molecule has 1 amide bonds. The molecule has 0 saturated heterocycles. The fourth-order valence-electron chi connectivity index (χ4n) is 2.35. The first kappa shape index (κ1) is 20.4. The zero-order chi connectivity index (χ0) is 19.9. The van der Waals surface area contributed by atoms with Crippen molar-refractivity contribution in [2.45, 2.75) is 31.1 Å². The van der Waals surface area contributed by atoms with E-state index in [9.17, 15) is 18.0 Å². The first-order valence-corrected chi connectivity index (χ1v) is 9.96. The average molecular weight is 390 g/mol. The van der Waals surface area contributed by atoms with E-state index in [-0.39, 0.29) is 16.9 Å². The second-order valence-electron chi connectivity index (χ2n) is 6.11. The molecule has 8 heteroatoms. The van der Waals surface area contributed by atoms with E-state index in [0.717, 1.165) is 5.56 Å². The molecule has 0 atom stereocenters. The summed E-state index contributed by atoms with van der Waals surface area (Å²) in [5.74, 6) is -1.28. The van der Waals surface area contributed by atoms with Gasteiger partial charge in [-0.05, 0) is 50.1 Å². The number of sulfonamides is 1. The van der Waals surface area contributed by atoms with Gasteiger partial charge in [-0.2, -0.15) is 0 Å². The number of anilines is 1. The van der Waals surface area contributed by atoms with Crippen LogP contribution >= 0.6 is 0 Å². The van der Waals surface area contributed by atoms with Gasteiger partial charge < -0.3 is 10.4 Å². The summed E-state index contributed by atoms with van der Waals surface area (Å²) in [6.07, 6.45) is 1.05. The highest BCUT2D eigenvalue weighted by molar-refractivity contribution is 7.92. The van der Waals surface area contributed by atoms with Crippen LogP contribution in [-0.2, 0) is 14.8 Å². The van der Waals surface area contributed by atoms with Crippen molar-refractivity contribution in [2.75, 3.05) is 11.3 Å². The van der Waals surface area contributed by atoms with E-state index in [0.29, 0.717) is 25.1 Å². The van der Waals surface area contributed by atoms with Crippen LogP contribution in [0, 0.1) is 6.92 Å². The number of carbonyl (C=O) groups is 2. The number of aryl methyl sites for hydroxylation is 1. The third kappa shape index (κ3) is 6.41. The van der Waals surface area contributed by atoms with Crippen LogP contribution in [0.15, 0.2) is 53.4 Å². The van der Waals surface area contributed by atoms with E-state index in [2.05, 4.69) is 10.0 Å². The van der Waals surface area contributed by atoms with Crippen molar-refractivity contribution in [3.63, 3.8) is 0 Å². The second-order valence-corrected chi connectivity index (χ2v) is 7.79. The zero-order valence-corrected chi connectivity index (χ0v) is 15.8. The quantitative estimate of drug-likeness (QED) is 0.570. The van der Waals surface area contributed by atoms with Gasteiger partial charge in [0.1, 0.15) is 0 Å². The Balaban J connectivity index is 2.01. The van der Waals surface area contributed by atoms with Crippen molar-refractivity contribution >= 4 is 27.6 Å². The molecule has 0 aromatic heterocycles. The number of rotatable bonds is 9. The van der Waals surface area contributed by atoms with Gasteiger partial charge in [0.15, 0.2) is 0 Å². The number of carbonyl (C=O) groups excluding carboxylic acids is 1. The molecule has 0 fully saturated rings. The molecule has 27 heavy (non-hydrogen) atoms. The lowest BCUT2D eigenvalue weighted by atomic mass is 10.2. The van der Waals surface area contributed by atoms with Gasteiger partial charge in [0.2, 0.25) is 0 Å². The summed E-state index contributed by atoms with van der Waals surface area (Å²) in [6.45, 7) is 2.23. The number of amides is 1. The van der Waals surface area contributed by atoms with Gasteiger partial charge in [0.25, 0.3) is 15.9 Å². The van der Waals surface area contributed by atoms with E-state index in [1.54, 1.807) is 24.3 Å². The van der Waals surface area contributed by atoms with Crippen LogP contribution in [0.5, 0.6) is 0 Å². The Morgan fingerprint density at radius 1 is 1.04 bits per heavy atom. The molecule has 144 valence electrons. The second kappa shape index (κ2) is 9.18. The Labute approximate surface area is 158 Å². The Kier molecular flexibility index (Phi) is 6.95. The highest BCUT2D eigenvalue weighted by Crippen LogP contribution is 2.17. The number of aliphatic carboxylic acids is 1. The lowest BCUT2D eigenvalue weighted by Gasteiger charge is -2.10. The summed E-state index contributed by atoms with van der Waals surface area (Å²) in [6, 6.07) is 12.7. The number of hydrogen-bond donors (Lipinski definition) is 3. The molecule has 0 heterocycles. The minimum absolute atomic E-state index is 0.0124. The van der Waals surface area contributed by atoms with Gasteiger partial charge in [0.05, 0.1) is 4.90 Å². The molecule has 0 unspecified atom stereocenters. The van der Waals surface area contributed by atoms with E-state index in [1.807, 2.05) is 6.92 Å². The van der Waals surface area contributed by atoms with Gasteiger partial charge in [-0.1, -0.05) is 23.8 Å². The minimum atomic E-state index is -3.82. The van der Waals surface area contributed by atoms with Crippen molar-refractivity contribution in [2.24, 2.45) is 0 Å². The van der Waals surface area contributed by atoms with Crippen LogP contribution in [0.2, 0.25) is 0 Å². The predicted molar refractivity (Wildman–Crippen MR) is 102 cm³/mol. The first-order valence-electron chi connectivity index (χ1n) is 8.47. The summed E-state index contributed by atoms with van der Waals surface area (Å²) in [5, 5.41) is 11.2. The molecule has 0 aliphatic heterocycles. The largest absolute Gasteiger partial charge is 0.481 e. The lowest BCUT2D eigenvalue weighted by molar-refractivity contribution is -0.137. The maximum atomic E-state index is 12.5. The topological polar surface area (TPSA) is 113 Å². The van der Waals surface area contributed by atoms with Gasteiger partial charge in [-0.3, -0.25) is 14.3 Å². The summed E-state index contributed by atoms with van der Waals surface area (Å²) < 4.78 is 27.5. The Morgan fingerprint density at radius 3 is 2.41 bits per heavy atom. The fourth-order valence-corrected chi connectivity index (χ4v) is 3.45. The normalized spacial score (nSPS) is 11.0. The van der Waals surface area contributed by atoms with E-state index in [1.165, 1.54) is 24.3 Å². The fraction of sp³-hybridized carbons (Fsp3) is 0.263. The smallest absolute Gasteiger partial charge is 0.303 e. The van der Waals surface area contributed by atoms with Crippen LogP contribution in [0.3, 0.4) is 0 Å². The SMILES string of the molecule is Cc1ccc(NS(=O)(=O)c2cccc(C(=O)NCCCCC(=O)O)c2)cc1. The lowest BCUT2D eigenvalue weighted by Crippen LogP contribution is -2.25. The Bertz CT molecular complexity index is 908. The van der Waals surface area contributed by atoms with E-state index < -0.39 is 21.9 Å². The summed E-state index contributed by atoms with van der Waals surface area (Å²) in [4.78, 5) is 22.6. The molecule has 2 aromatic carbocycles. The van der Waals surface area contributed by atoms with Crippen LogP contribution in [0.25, 0.3) is 0 Å². The number of carboxylic acid groups (broad SMARTS) is 1. The molecule has 3 N–H and O–H groups in total. The molecule has 0 bridgehead atoms. The number of nitrogens with one attached hydrogen (secondary N) is 2. The number of benzene rings is 2. The van der Waals surface area contributed by atoms with E-state index in [4.69, 9.17) is 5.11 Å². The molecular formula is C19H22N2O5S. The number of unbranched alkanes of at least 4 members (excludes halogenated alkanes) is 1. The zero-order valence-electron chi connectivity index (χ0n) is 14.9.